The summed E-state index contributed by atoms with van der Waals surface area (Å²) in [5.41, 5.74) is 0.179. The van der Waals surface area contributed by atoms with Crippen LogP contribution in [0.3, 0.4) is 0 Å². The monoisotopic (exact) mass is 445 g/mol. The quantitative estimate of drug-likeness (QED) is 0.155. The van der Waals surface area contributed by atoms with E-state index in [1.807, 2.05) is 6.92 Å². The molecule has 0 fully saturated rings. The molecule has 4 N–H and O–H groups in total. The van der Waals surface area contributed by atoms with Gasteiger partial charge in [-0.3, -0.25) is 0 Å². The van der Waals surface area contributed by atoms with Crippen molar-refractivity contribution in [2.75, 3.05) is 30.9 Å². The zero-order valence-electron chi connectivity index (χ0n) is 17.7. The molecule has 1 aromatic rings. The van der Waals surface area contributed by atoms with Crippen molar-refractivity contribution in [3.63, 3.8) is 0 Å². The summed E-state index contributed by atoms with van der Waals surface area (Å²) in [6.45, 7) is 1.93. The van der Waals surface area contributed by atoms with Gasteiger partial charge in [-0.1, -0.05) is 31.6 Å². The first-order valence-corrected chi connectivity index (χ1v) is 9.73. The van der Waals surface area contributed by atoms with Gasteiger partial charge in [0.1, 0.15) is 24.5 Å². The molecule has 1 atom stereocenters. The van der Waals surface area contributed by atoms with Crippen molar-refractivity contribution in [3.05, 3.63) is 47.3 Å². The van der Waals surface area contributed by atoms with Crippen LogP contribution in [0.25, 0.3) is 0 Å². The number of aliphatic imine (C=N–C) groups is 1. The van der Waals surface area contributed by atoms with Crippen LogP contribution in [0.1, 0.15) is 32.3 Å². The number of amidine groups is 1. The van der Waals surface area contributed by atoms with E-state index in [-0.39, 0.29) is 18.2 Å². The predicted octanol–water partition coefficient (Wildman–Crippen LogP) is 5.58. The minimum atomic E-state index is -4.60. The summed E-state index contributed by atoms with van der Waals surface area (Å²) in [4.78, 5) is 4.03. The van der Waals surface area contributed by atoms with E-state index in [9.17, 15) is 22.0 Å². The second kappa shape index (κ2) is 12.7. The van der Waals surface area contributed by atoms with Gasteiger partial charge in [-0.25, -0.2) is 13.8 Å². The van der Waals surface area contributed by atoms with Crippen molar-refractivity contribution in [1.29, 1.82) is 5.41 Å². The highest BCUT2D eigenvalue weighted by Crippen LogP contribution is 2.29. The van der Waals surface area contributed by atoms with Crippen molar-refractivity contribution < 1.29 is 22.0 Å². The normalized spacial score (nSPS) is 14.3. The first kappa shape index (κ1) is 26.1. The third-order valence-electron chi connectivity index (χ3n) is 4.06. The lowest BCUT2D eigenvalue weighted by molar-refractivity contribution is -0.0893. The second-order valence-electron chi connectivity index (χ2n) is 6.57. The van der Waals surface area contributed by atoms with Crippen molar-refractivity contribution in [2.24, 2.45) is 4.99 Å². The van der Waals surface area contributed by atoms with Gasteiger partial charge in [-0.2, -0.15) is 13.2 Å². The average Bonchev–Trinajstić information content (AvgIpc) is 2.72. The van der Waals surface area contributed by atoms with E-state index in [0.717, 1.165) is 12.3 Å². The lowest BCUT2D eigenvalue weighted by atomic mass is 10.1. The smallest absolute Gasteiger partial charge is 0.381 e. The molecule has 0 heterocycles. The van der Waals surface area contributed by atoms with Crippen LogP contribution < -0.4 is 16.0 Å². The molecular formula is C21H28F5N5. The van der Waals surface area contributed by atoms with E-state index >= 15 is 0 Å². The summed E-state index contributed by atoms with van der Waals surface area (Å²) in [7, 11) is 1.34. The summed E-state index contributed by atoms with van der Waals surface area (Å²) in [6.07, 6.45) is -1.63. The lowest BCUT2D eigenvalue weighted by Crippen LogP contribution is -2.20. The summed E-state index contributed by atoms with van der Waals surface area (Å²) in [5, 5.41) is 15.7. The van der Waals surface area contributed by atoms with Crippen LogP contribution in [-0.2, 0) is 0 Å². The summed E-state index contributed by atoms with van der Waals surface area (Å²) >= 11 is 0. The van der Waals surface area contributed by atoms with Crippen LogP contribution >= 0.6 is 0 Å². The fraction of sp³-hybridized carbons (Fsp3) is 0.429. The Bertz CT molecular complexity index is 815. The van der Waals surface area contributed by atoms with Gasteiger partial charge in [-0.05, 0) is 25.5 Å². The van der Waals surface area contributed by atoms with Gasteiger partial charge in [0.2, 0.25) is 0 Å². The predicted molar refractivity (Wildman–Crippen MR) is 117 cm³/mol. The van der Waals surface area contributed by atoms with Crippen molar-refractivity contribution in [2.45, 2.75) is 39.0 Å². The molecule has 0 saturated heterocycles. The number of anilines is 2. The Kier molecular flexibility index (Phi) is 10.7. The fourth-order valence-corrected chi connectivity index (χ4v) is 2.58. The van der Waals surface area contributed by atoms with E-state index in [2.05, 4.69) is 20.9 Å². The molecule has 0 aromatic heterocycles. The van der Waals surface area contributed by atoms with Crippen LogP contribution in [0.5, 0.6) is 0 Å². The molecule has 172 valence electrons. The number of alkyl halides is 5. The summed E-state index contributed by atoms with van der Waals surface area (Å²) in [5.74, 6) is -0.221. The van der Waals surface area contributed by atoms with Gasteiger partial charge in [0, 0.05) is 31.1 Å². The standard InChI is InChI=1S/C21H28F5N5/c1-4-5-6-8-17(21(24,25)26)20(28-3)31-14(2)30-19-10-7-9-18(16(19)12-27)29-13-15(23)11-22/h6-10,12,15,27-29H,4-5,11,13H2,1-3H3,(H,30,31)/b8-6+,20-17+,27-12?. The van der Waals surface area contributed by atoms with Crippen LogP contribution in [0, 0.1) is 5.41 Å². The Labute approximate surface area is 179 Å². The molecule has 0 spiro atoms. The van der Waals surface area contributed by atoms with Crippen LogP contribution in [0.15, 0.2) is 46.7 Å². The first-order valence-electron chi connectivity index (χ1n) is 9.73. The molecule has 5 nitrogen and oxygen atoms in total. The van der Waals surface area contributed by atoms with Crippen LogP contribution in [0.2, 0.25) is 0 Å². The zero-order valence-corrected chi connectivity index (χ0v) is 17.7. The maximum Gasteiger partial charge on any atom is 0.419 e. The summed E-state index contributed by atoms with van der Waals surface area (Å²) < 4.78 is 66.0. The van der Waals surface area contributed by atoms with Crippen molar-refractivity contribution in [1.82, 2.24) is 5.32 Å². The number of unbranched alkanes of at least 4 members (excludes halogenated alkanes) is 1. The average molecular weight is 445 g/mol. The topological polar surface area (TPSA) is 72.3 Å². The molecule has 31 heavy (non-hydrogen) atoms. The molecule has 1 rings (SSSR count). The Hall–Kier alpha value is -2.91. The zero-order chi connectivity index (χ0) is 23.4. The number of hydrogen-bond acceptors (Lipinski definition) is 4. The SMILES string of the molecule is CCC/C=C/C(=C(\N=C(/C)Nc1cccc(NCC(F)CF)c1C=N)NC)C(F)(F)F. The van der Waals surface area contributed by atoms with E-state index in [1.165, 1.54) is 20.0 Å². The molecule has 0 radical (unpaired) electrons. The minimum Gasteiger partial charge on any atom is -0.381 e. The number of hydrogen-bond donors (Lipinski definition) is 4. The Morgan fingerprint density at radius 3 is 2.48 bits per heavy atom. The van der Waals surface area contributed by atoms with E-state index in [0.29, 0.717) is 29.8 Å². The van der Waals surface area contributed by atoms with Gasteiger partial charge in [-0.15, -0.1) is 0 Å². The molecule has 0 amide bonds. The van der Waals surface area contributed by atoms with Crippen LogP contribution in [-0.4, -0.2) is 44.7 Å². The fourth-order valence-electron chi connectivity index (χ4n) is 2.58. The van der Waals surface area contributed by atoms with Crippen molar-refractivity contribution >= 4 is 23.4 Å². The maximum atomic E-state index is 13.5. The Morgan fingerprint density at radius 2 is 1.94 bits per heavy atom. The number of nitrogens with zero attached hydrogens (tertiary/aromatic N) is 1. The Balaban J connectivity index is 3.24. The molecular weight excluding hydrogens is 417 g/mol. The highest BCUT2D eigenvalue weighted by Gasteiger charge is 2.35. The molecule has 0 bridgehead atoms. The van der Waals surface area contributed by atoms with Gasteiger partial charge in [0.05, 0.1) is 11.3 Å². The van der Waals surface area contributed by atoms with Gasteiger partial charge < -0.3 is 21.4 Å². The Morgan fingerprint density at radius 1 is 1.26 bits per heavy atom. The molecule has 0 aliphatic rings. The maximum absolute atomic E-state index is 13.5. The number of nitrogens with one attached hydrogen (secondary N) is 4. The number of rotatable bonds is 11. The van der Waals surface area contributed by atoms with Gasteiger partial charge >= 0.3 is 6.18 Å². The third-order valence-corrected chi connectivity index (χ3v) is 4.06. The molecule has 1 aromatic carbocycles. The lowest BCUT2D eigenvalue weighted by Gasteiger charge is -2.16. The molecule has 0 aliphatic carbocycles. The number of allylic oxidation sites excluding steroid dienone is 3. The largest absolute Gasteiger partial charge is 0.419 e. The molecule has 1 unspecified atom stereocenters. The number of halogens is 5. The molecule has 0 aliphatic heterocycles. The molecule has 0 saturated carbocycles. The molecule has 10 heteroatoms. The van der Waals surface area contributed by atoms with Gasteiger partial charge in [0.25, 0.3) is 0 Å². The third kappa shape index (κ3) is 8.39. The van der Waals surface area contributed by atoms with E-state index in [1.54, 1.807) is 18.2 Å². The van der Waals surface area contributed by atoms with Gasteiger partial charge in [0.15, 0.2) is 0 Å². The second-order valence-corrected chi connectivity index (χ2v) is 6.57. The highest BCUT2D eigenvalue weighted by atomic mass is 19.4. The van der Waals surface area contributed by atoms with Crippen molar-refractivity contribution in [3.8, 4) is 0 Å². The van der Waals surface area contributed by atoms with E-state index < -0.39 is 24.6 Å². The minimum absolute atomic E-state index is 0.141. The van der Waals surface area contributed by atoms with E-state index in [4.69, 9.17) is 5.41 Å². The first-order chi connectivity index (χ1) is 14.7. The number of benzene rings is 1. The summed E-state index contributed by atoms with van der Waals surface area (Å²) in [6, 6.07) is 4.79. The highest BCUT2D eigenvalue weighted by molar-refractivity contribution is 6.02. The van der Waals surface area contributed by atoms with Crippen LogP contribution in [0.4, 0.5) is 33.3 Å².